The largest absolute Gasteiger partial charge is 0.486 e. The van der Waals surface area contributed by atoms with Crippen LogP contribution in [0.2, 0.25) is 5.02 Å². The molecule has 140 valence electrons. The quantitative estimate of drug-likeness (QED) is 0.530. The lowest BCUT2D eigenvalue weighted by atomic mass is 9.98. The van der Waals surface area contributed by atoms with Gasteiger partial charge in [-0.25, -0.2) is 0 Å². The highest BCUT2D eigenvalue weighted by atomic mass is 35.5. The van der Waals surface area contributed by atoms with Gasteiger partial charge in [-0.2, -0.15) is 0 Å². The van der Waals surface area contributed by atoms with Crippen molar-refractivity contribution >= 4 is 22.5 Å². The molecule has 0 aliphatic carbocycles. The molecular formula is C22H16ClNO4. The molecule has 0 radical (unpaired) electrons. The topological polar surface area (TPSA) is 64.7 Å². The van der Waals surface area contributed by atoms with Crippen molar-refractivity contribution in [2.24, 2.45) is 0 Å². The Hall–Kier alpha value is -3.02. The van der Waals surface area contributed by atoms with Crippen molar-refractivity contribution in [3.8, 4) is 22.8 Å². The molecule has 4 aromatic rings. The number of aliphatic hydroxyl groups is 1. The van der Waals surface area contributed by atoms with Gasteiger partial charge in [0.2, 0.25) is 0 Å². The molecular weight excluding hydrogens is 378 g/mol. The molecule has 3 aromatic carbocycles. The zero-order valence-corrected chi connectivity index (χ0v) is 15.5. The summed E-state index contributed by atoms with van der Waals surface area (Å²) in [5, 5.41) is 16.5. The van der Waals surface area contributed by atoms with Crippen LogP contribution in [0, 0.1) is 0 Å². The summed E-state index contributed by atoms with van der Waals surface area (Å²) < 4.78 is 16.7. The van der Waals surface area contributed by atoms with Crippen molar-refractivity contribution in [2.75, 3.05) is 13.2 Å². The van der Waals surface area contributed by atoms with Crippen molar-refractivity contribution in [3.05, 3.63) is 76.8 Å². The van der Waals surface area contributed by atoms with Gasteiger partial charge in [-0.05, 0) is 47.5 Å². The molecule has 1 unspecified atom stereocenters. The molecule has 0 amide bonds. The Morgan fingerprint density at radius 2 is 1.68 bits per heavy atom. The summed E-state index contributed by atoms with van der Waals surface area (Å²) in [6, 6.07) is 18.5. The number of hydrogen-bond donors (Lipinski definition) is 1. The molecule has 6 heteroatoms. The number of ether oxygens (including phenoxy) is 2. The van der Waals surface area contributed by atoms with Crippen LogP contribution in [0.1, 0.15) is 17.2 Å². The van der Waals surface area contributed by atoms with Gasteiger partial charge in [0, 0.05) is 10.6 Å². The maximum atomic E-state index is 10.9. The molecule has 0 saturated carbocycles. The number of halogens is 1. The minimum Gasteiger partial charge on any atom is -0.486 e. The molecule has 0 fully saturated rings. The maximum absolute atomic E-state index is 10.9. The SMILES string of the molecule is OC(c1ccc2c(c1)OCCO2)c1ccc2noc(-c3cccc(Cl)c3)c2c1. The maximum Gasteiger partial charge on any atom is 0.174 e. The zero-order chi connectivity index (χ0) is 19.1. The summed E-state index contributed by atoms with van der Waals surface area (Å²) in [4.78, 5) is 0. The molecule has 1 aliphatic rings. The first kappa shape index (κ1) is 17.1. The molecule has 5 nitrogen and oxygen atoms in total. The van der Waals surface area contributed by atoms with Gasteiger partial charge in [0.1, 0.15) is 24.8 Å². The molecule has 0 bridgehead atoms. The van der Waals surface area contributed by atoms with E-state index < -0.39 is 6.10 Å². The summed E-state index contributed by atoms with van der Waals surface area (Å²) in [6.45, 7) is 1.04. The highest BCUT2D eigenvalue weighted by Crippen LogP contribution is 2.36. The zero-order valence-electron chi connectivity index (χ0n) is 14.8. The Bertz CT molecular complexity index is 1170. The first-order chi connectivity index (χ1) is 13.7. The van der Waals surface area contributed by atoms with Crippen LogP contribution in [0.25, 0.3) is 22.2 Å². The predicted octanol–water partition coefficient (Wildman–Crippen LogP) is 5.00. The second-order valence-electron chi connectivity index (χ2n) is 6.60. The molecule has 1 N–H and O–H groups in total. The van der Waals surface area contributed by atoms with Crippen LogP contribution >= 0.6 is 11.6 Å². The van der Waals surface area contributed by atoms with Gasteiger partial charge in [0.25, 0.3) is 0 Å². The van der Waals surface area contributed by atoms with Crippen molar-refractivity contribution in [1.29, 1.82) is 0 Å². The Balaban J connectivity index is 1.55. The highest BCUT2D eigenvalue weighted by molar-refractivity contribution is 6.30. The first-order valence-corrected chi connectivity index (χ1v) is 9.30. The van der Waals surface area contributed by atoms with E-state index >= 15 is 0 Å². The van der Waals surface area contributed by atoms with Crippen LogP contribution in [0.3, 0.4) is 0 Å². The number of nitrogens with zero attached hydrogens (tertiary/aromatic N) is 1. The molecule has 1 atom stereocenters. The lowest BCUT2D eigenvalue weighted by Gasteiger charge is -2.20. The van der Waals surface area contributed by atoms with Crippen LogP contribution in [0.4, 0.5) is 0 Å². The molecule has 28 heavy (non-hydrogen) atoms. The van der Waals surface area contributed by atoms with Gasteiger partial charge in [0.05, 0.1) is 5.39 Å². The number of benzene rings is 3. The number of rotatable bonds is 3. The standard InChI is InChI=1S/C22H16ClNO4/c23-16-3-1-2-15(10-16)22-17-11-13(4-6-18(17)24-28-22)21(25)14-5-7-19-20(12-14)27-9-8-26-19/h1-7,10-12,21,25H,8-9H2. The summed E-state index contributed by atoms with van der Waals surface area (Å²) in [5.74, 6) is 1.96. The third-order valence-corrected chi connectivity index (χ3v) is 5.02. The Morgan fingerprint density at radius 1 is 0.893 bits per heavy atom. The summed E-state index contributed by atoms with van der Waals surface area (Å²) in [5.41, 5.74) is 3.01. The van der Waals surface area contributed by atoms with Crippen LogP contribution in [0.5, 0.6) is 11.5 Å². The van der Waals surface area contributed by atoms with E-state index in [9.17, 15) is 5.11 Å². The van der Waals surface area contributed by atoms with Crippen LogP contribution < -0.4 is 9.47 Å². The fourth-order valence-corrected chi connectivity index (χ4v) is 3.58. The van der Waals surface area contributed by atoms with Gasteiger partial charge in [-0.3, -0.25) is 0 Å². The van der Waals surface area contributed by atoms with Gasteiger partial charge < -0.3 is 19.1 Å². The van der Waals surface area contributed by atoms with Crippen LogP contribution in [-0.2, 0) is 0 Å². The predicted molar refractivity (Wildman–Crippen MR) is 106 cm³/mol. The van der Waals surface area contributed by atoms with E-state index in [1.807, 2.05) is 54.6 Å². The molecule has 5 rings (SSSR count). The van der Waals surface area contributed by atoms with E-state index in [2.05, 4.69) is 5.16 Å². The Morgan fingerprint density at radius 3 is 2.54 bits per heavy atom. The monoisotopic (exact) mass is 393 g/mol. The fraction of sp³-hybridized carbons (Fsp3) is 0.136. The Labute approximate surface area is 166 Å². The third kappa shape index (κ3) is 2.99. The van der Waals surface area contributed by atoms with Crippen molar-refractivity contribution < 1.29 is 19.1 Å². The number of aliphatic hydroxyl groups excluding tert-OH is 1. The lowest BCUT2D eigenvalue weighted by Crippen LogP contribution is -2.15. The number of aromatic nitrogens is 1. The molecule has 1 aliphatic heterocycles. The van der Waals surface area contributed by atoms with Gasteiger partial charge in [0.15, 0.2) is 17.3 Å². The lowest BCUT2D eigenvalue weighted by molar-refractivity contribution is 0.169. The van der Waals surface area contributed by atoms with E-state index in [1.54, 1.807) is 6.07 Å². The van der Waals surface area contributed by atoms with Gasteiger partial charge in [-0.15, -0.1) is 0 Å². The van der Waals surface area contributed by atoms with Crippen molar-refractivity contribution in [1.82, 2.24) is 5.16 Å². The Kier molecular flexibility index (Phi) is 4.19. The second kappa shape index (κ2) is 6.86. The summed E-state index contributed by atoms with van der Waals surface area (Å²) in [6.07, 6.45) is -0.817. The fourth-order valence-electron chi connectivity index (χ4n) is 3.39. The van der Waals surface area contributed by atoms with E-state index in [4.69, 9.17) is 25.6 Å². The molecule has 0 spiro atoms. The minimum absolute atomic E-state index is 0.502. The highest BCUT2D eigenvalue weighted by Gasteiger charge is 2.19. The average molecular weight is 394 g/mol. The van der Waals surface area contributed by atoms with Crippen LogP contribution in [-0.4, -0.2) is 23.5 Å². The first-order valence-electron chi connectivity index (χ1n) is 8.92. The van der Waals surface area contributed by atoms with E-state index in [-0.39, 0.29) is 0 Å². The molecule has 1 aromatic heterocycles. The number of fused-ring (bicyclic) bond motifs is 2. The second-order valence-corrected chi connectivity index (χ2v) is 7.04. The van der Waals surface area contributed by atoms with E-state index in [0.29, 0.717) is 41.0 Å². The molecule has 2 heterocycles. The van der Waals surface area contributed by atoms with Gasteiger partial charge >= 0.3 is 0 Å². The average Bonchev–Trinajstić information content (AvgIpc) is 3.16. The minimum atomic E-state index is -0.817. The van der Waals surface area contributed by atoms with E-state index in [0.717, 1.165) is 22.1 Å². The van der Waals surface area contributed by atoms with Gasteiger partial charge in [-0.1, -0.05) is 41.0 Å². The van der Waals surface area contributed by atoms with Crippen molar-refractivity contribution in [3.63, 3.8) is 0 Å². The van der Waals surface area contributed by atoms with Crippen molar-refractivity contribution in [2.45, 2.75) is 6.10 Å². The summed E-state index contributed by atoms with van der Waals surface area (Å²) >= 11 is 6.11. The van der Waals surface area contributed by atoms with E-state index in [1.165, 1.54) is 0 Å². The molecule has 0 saturated heterocycles. The number of hydrogen-bond acceptors (Lipinski definition) is 5. The normalized spacial score (nSPS) is 14.2. The van der Waals surface area contributed by atoms with Crippen LogP contribution in [0.15, 0.2) is 65.2 Å². The third-order valence-electron chi connectivity index (χ3n) is 4.79. The smallest absolute Gasteiger partial charge is 0.174 e. The summed E-state index contributed by atoms with van der Waals surface area (Å²) in [7, 11) is 0.